The highest BCUT2D eigenvalue weighted by Gasteiger charge is 2.44. The Balaban J connectivity index is 1.39. The van der Waals surface area contributed by atoms with E-state index in [9.17, 15) is 14.9 Å². The molecule has 0 N–H and O–H groups in total. The van der Waals surface area contributed by atoms with Gasteiger partial charge in [0.2, 0.25) is 0 Å². The summed E-state index contributed by atoms with van der Waals surface area (Å²) in [6.45, 7) is 6.30. The third kappa shape index (κ3) is 4.54. The van der Waals surface area contributed by atoms with Gasteiger partial charge in [0.15, 0.2) is 0 Å². The van der Waals surface area contributed by atoms with E-state index in [-0.39, 0.29) is 24.3 Å². The number of nitriles is 1. The quantitative estimate of drug-likeness (QED) is 0.492. The van der Waals surface area contributed by atoms with Crippen molar-refractivity contribution in [2.24, 2.45) is 0 Å². The van der Waals surface area contributed by atoms with E-state index in [1.165, 1.54) is 0 Å². The number of ether oxygens (including phenoxy) is 3. The Kier molecular flexibility index (Phi) is 6.19. The predicted molar refractivity (Wildman–Crippen MR) is 133 cm³/mol. The minimum Gasteiger partial charge on any atom is -0.459 e. The maximum absolute atomic E-state index is 13.4. The molecule has 0 aliphatic carbocycles. The predicted octanol–water partition coefficient (Wildman–Crippen LogP) is 4.83. The molecule has 3 heterocycles. The van der Waals surface area contributed by atoms with Crippen molar-refractivity contribution in [3.63, 3.8) is 0 Å². The van der Waals surface area contributed by atoms with Crippen molar-refractivity contribution in [2.45, 2.75) is 57.4 Å². The lowest BCUT2D eigenvalue weighted by Crippen LogP contribution is -2.61. The molecular formula is C28H29N3O5. The number of nitrogens with zero attached hydrogens (tertiary/aromatic N) is 3. The first-order valence-corrected chi connectivity index (χ1v) is 12.1. The molecule has 2 saturated heterocycles. The van der Waals surface area contributed by atoms with Crippen molar-refractivity contribution in [1.82, 2.24) is 9.47 Å². The van der Waals surface area contributed by atoms with Gasteiger partial charge in [0.25, 0.3) is 0 Å². The monoisotopic (exact) mass is 487 g/mol. The molecule has 0 spiro atoms. The van der Waals surface area contributed by atoms with Gasteiger partial charge in [-0.25, -0.2) is 9.59 Å². The van der Waals surface area contributed by atoms with Crippen LogP contribution < -0.4 is 0 Å². The van der Waals surface area contributed by atoms with Crippen LogP contribution in [-0.2, 0) is 14.2 Å². The number of hydrogen-bond acceptors (Lipinski definition) is 6. The van der Waals surface area contributed by atoms with E-state index in [4.69, 9.17) is 14.2 Å². The van der Waals surface area contributed by atoms with E-state index < -0.39 is 11.6 Å². The van der Waals surface area contributed by atoms with Gasteiger partial charge in [-0.05, 0) is 39.0 Å². The van der Waals surface area contributed by atoms with Gasteiger partial charge in [-0.1, -0.05) is 30.3 Å². The minimum absolute atomic E-state index is 0.214. The molecule has 3 aromatic rings. The summed E-state index contributed by atoms with van der Waals surface area (Å²) in [6, 6.07) is 16.6. The molecule has 2 aliphatic heterocycles. The van der Waals surface area contributed by atoms with Crippen LogP contribution in [0.25, 0.3) is 16.6 Å². The van der Waals surface area contributed by atoms with Crippen LogP contribution in [0.3, 0.4) is 0 Å². The third-order valence-electron chi connectivity index (χ3n) is 6.57. The van der Waals surface area contributed by atoms with E-state index in [1.807, 2.05) is 67.8 Å². The van der Waals surface area contributed by atoms with E-state index in [1.54, 1.807) is 17.2 Å². The van der Waals surface area contributed by atoms with Gasteiger partial charge in [-0.15, -0.1) is 0 Å². The topological polar surface area (TPSA) is 93.8 Å². The van der Waals surface area contributed by atoms with Crippen LogP contribution in [0.4, 0.5) is 4.79 Å². The minimum atomic E-state index is -0.589. The highest BCUT2D eigenvalue weighted by molar-refractivity contribution is 6.05. The van der Waals surface area contributed by atoms with Gasteiger partial charge in [0.1, 0.15) is 17.8 Å². The lowest BCUT2D eigenvalue weighted by molar-refractivity contribution is -0.106. The molecule has 36 heavy (non-hydrogen) atoms. The van der Waals surface area contributed by atoms with Crippen LogP contribution in [0.15, 0.2) is 54.7 Å². The van der Waals surface area contributed by atoms with Crippen LogP contribution in [-0.4, -0.2) is 58.5 Å². The summed E-state index contributed by atoms with van der Waals surface area (Å²) in [7, 11) is 0. The Morgan fingerprint density at radius 3 is 2.39 bits per heavy atom. The first kappa shape index (κ1) is 23.9. The number of para-hydroxylation sites is 2. The lowest BCUT2D eigenvalue weighted by atomic mass is 9.92. The molecule has 2 bridgehead atoms. The highest BCUT2D eigenvalue weighted by atomic mass is 16.6. The van der Waals surface area contributed by atoms with Crippen LogP contribution in [0.1, 0.15) is 49.5 Å². The zero-order valence-electron chi connectivity index (χ0n) is 20.6. The van der Waals surface area contributed by atoms with Gasteiger partial charge in [0, 0.05) is 24.4 Å². The molecule has 0 unspecified atom stereocenters. The van der Waals surface area contributed by atoms with Crippen molar-refractivity contribution in [2.75, 3.05) is 13.2 Å². The molecule has 2 fully saturated rings. The smallest absolute Gasteiger partial charge is 0.410 e. The molecule has 1 aromatic heterocycles. The van der Waals surface area contributed by atoms with Gasteiger partial charge in [-0.3, -0.25) is 4.90 Å². The Bertz CT molecular complexity index is 1340. The van der Waals surface area contributed by atoms with Gasteiger partial charge in [0.05, 0.1) is 47.6 Å². The number of benzene rings is 2. The van der Waals surface area contributed by atoms with Crippen LogP contribution in [0.5, 0.6) is 0 Å². The number of aromatic nitrogens is 1. The Morgan fingerprint density at radius 2 is 1.69 bits per heavy atom. The van der Waals surface area contributed by atoms with E-state index in [0.29, 0.717) is 42.9 Å². The fraction of sp³-hybridized carbons (Fsp3) is 0.393. The normalized spacial score (nSPS) is 21.6. The second-order valence-corrected chi connectivity index (χ2v) is 10.3. The number of morpholine rings is 1. The Morgan fingerprint density at radius 1 is 1.03 bits per heavy atom. The van der Waals surface area contributed by atoms with Crippen molar-refractivity contribution < 1.29 is 23.8 Å². The number of carbonyl (C=O) groups excluding carboxylic acids is 2. The maximum atomic E-state index is 13.4. The maximum Gasteiger partial charge on any atom is 0.410 e. The van der Waals surface area contributed by atoms with Gasteiger partial charge in [-0.2, -0.15) is 5.26 Å². The van der Waals surface area contributed by atoms with E-state index in [0.717, 1.165) is 10.9 Å². The molecule has 2 aromatic carbocycles. The van der Waals surface area contributed by atoms with Crippen LogP contribution >= 0.6 is 0 Å². The number of carbonyl (C=O) groups is 2. The SMILES string of the molecule is CC(C)(C)OC(=O)N1[C@@H]2COC[C@H]1C[C@@H](OC(=O)c1cn(-c3ccccc3C#N)c3ccccc13)C2. The summed E-state index contributed by atoms with van der Waals surface area (Å²) in [5.41, 5.74) is 1.88. The van der Waals surface area contributed by atoms with Gasteiger partial charge >= 0.3 is 12.1 Å². The Hall–Kier alpha value is -3.83. The van der Waals surface area contributed by atoms with Crippen LogP contribution in [0, 0.1) is 11.3 Å². The zero-order valence-corrected chi connectivity index (χ0v) is 20.6. The second kappa shape index (κ2) is 9.32. The molecule has 2 aliphatic rings. The summed E-state index contributed by atoms with van der Waals surface area (Å²) < 4.78 is 19.2. The van der Waals surface area contributed by atoms with Crippen molar-refractivity contribution in [3.05, 3.63) is 65.9 Å². The first-order valence-electron chi connectivity index (χ1n) is 12.1. The molecular weight excluding hydrogens is 458 g/mol. The van der Waals surface area contributed by atoms with Crippen molar-refractivity contribution in [1.29, 1.82) is 5.26 Å². The van der Waals surface area contributed by atoms with Crippen LogP contribution in [0.2, 0.25) is 0 Å². The summed E-state index contributed by atoms with van der Waals surface area (Å²) in [5, 5.41) is 10.3. The fourth-order valence-corrected chi connectivity index (χ4v) is 5.11. The second-order valence-electron chi connectivity index (χ2n) is 10.3. The number of fused-ring (bicyclic) bond motifs is 3. The molecule has 5 rings (SSSR count). The standard InChI is InChI=1S/C28H29N3O5/c1-28(2,3)36-27(33)31-19-12-21(13-20(31)17-34-16-19)35-26(32)23-15-30(25-11-7-5-9-22(23)25)24-10-6-4-8-18(24)14-29/h4-11,15,19-21H,12-13,16-17H2,1-3H3/t19-,20+,21-. The van der Waals surface area contributed by atoms with E-state index >= 15 is 0 Å². The number of esters is 1. The number of hydrogen-bond donors (Lipinski definition) is 0. The lowest BCUT2D eigenvalue weighted by Gasteiger charge is -2.47. The fourth-order valence-electron chi connectivity index (χ4n) is 5.11. The molecule has 0 radical (unpaired) electrons. The molecule has 8 heteroatoms. The molecule has 8 nitrogen and oxygen atoms in total. The number of piperidine rings is 1. The first-order chi connectivity index (χ1) is 17.2. The largest absolute Gasteiger partial charge is 0.459 e. The number of rotatable bonds is 3. The summed E-state index contributed by atoms with van der Waals surface area (Å²) in [5.74, 6) is -0.422. The average molecular weight is 488 g/mol. The Labute approximate surface area is 210 Å². The number of amides is 1. The summed E-state index contributed by atoms with van der Waals surface area (Å²) in [6.07, 6.45) is 2.01. The van der Waals surface area contributed by atoms with E-state index in [2.05, 4.69) is 6.07 Å². The molecule has 0 saturated carbocycles. The molecule has 186 valence electrons. The highest BCUT2D eigenvalue weighted by Crippen LogP contribution is 2.33. The summed E-state index contributed by atoms with van der Waals surface area (Å²) in [4.78, 5) is 28.0. The average Bonchev–Trinajstić information content (AvgIpc) is 3.22. The zero-order chi connectivity index (χ0) is 25.4. The third-order valence-corrected chi connectivity index (χ3v) is 6.57. The van der Waals surface area contributed by atoms with Crippen molar-refractivity contribution >= 4 is 23.0 Å². The summed E-state index contributed by atoms with van der Waals surface area (Å²) >= 11 is 0. The molecule has 1 amide bonds. The van der Waals surface area contributed by atoms with Gasteiger partial charge < -0.3 is 18.8 Å². The van der Waals surface area contributed by atoms with Crippen molar-refractivity contribution in [3.8, 4) is 11.8 Å². The molecule has 3 atom stereocenters.